The molecular formula is C17H15ClN2O2. The Kier molecular flexibility index (Phi) is 3.86. The smallest absolute Gasteiger partial charge is 0.214 e. The second-order valence-electron chi connectivity index (χ2n) is 5.34. The number of nitrogens with zero attached hydrogens (tertiary/aromatic N) is 2. The van der Waals surface area contributed by atoms with Crippen molar-refractivity contribution in [3.05, 3.63) is 81.0 Å². The van der Waals surface area contributed by atoms with E-state index < -0.39 is 0 Å². The van der Waals surface area contributed by atoms with Gasteiger partial charge in [0.2, 0.25) is 6.54 Å². The van der Waals surface area contributed by atoms with Gasteiger partial charge in [-0.15, -0.1) is 0 Å². The maximum Gasteiger partial charge on any atom is 0.214 e. The molecular weight excluding hydrogens is 300 g/mol. The summed E-state index contributed by atoms with van der Waals surface area (Å²) < 4.78 is 2.00. The van der Waals surface area contributed by atoms with E-state index in [2.05, 4.69) is 0 Å². The number of para-hydroxylation sites is 1. The van der Waals surface area contributed by atoms with Crippen LogP contribution in [0.2, 0.25) is 5.02 Å². The number of hydrogen-bond donors (Lipinski definition) is 0. The van der Waals surface area contributed by atoms with Gasteiger partial charge in [0.05, 0.1) is 5.92 Å². The molecule has 0 saturated heterocycles. The monoisotopic (exact) mass is 314 g/mol. The normalized spacial score (nSPS) is 12.5. The molecule has 1 unspecified atom stereocenters. The summed E-state index contributed by atoms with van der Waals surface area (Å²) in [7, 11) is 1.95. The highest BCUT2D eigenvalue weighted by Crippen LogP contribution is 2.33. The zero-order valence-corrected chi connectivity index (χ0v) is 12.8. The zero-order chi connectivity index (χ0) is 15.7. The van der Waals surface area contributed by atoms with Crippen LogP contribution in [-0.4, -0.2) is 16.0 Å². The van der Waals surface area contributed by atoms with Crippen LogP contribution in [0.5, 0.6) is 0 Å². The van der Waals surface area contributed by atoms with E-state index >= 15 is 0 Å². The van der Waals surface area contributed by atoms with Gasteiger partial charge in [-0.05, 0) is 29.3 Å². The lowest BCUT2D eigenvalue weighted by atomic mass is 9.91. The lowest BCUT2D eigenvalue weighted by molar-refractivity contribution is -0.481. The molecule has 0 aliphatic rings. The highest BCUT2D eigenvalue weighted by Gasteiger charge is 2.24. The molecule has 0 aliphatic heterocycles. The molecule has 0 bridgehead atoms. The largest absolute Gasteiger partial charge is 0.350 e. The van der Waals surface area contributed by atoms with Gasteiger partial charge in [-0.3, -0.25) is 10.1 Å². The van der Waals surface area contributed by atoms with Gasteiger partial charge in [-0.1, -0.05) is 41.9 Å². The van der Waals surface area contributed by atoms with Crippen molar-refractivity contribution in [3.8, 4) is 0 Å². The fourth-order valence-corrected chi connectivity index (χ4v) is 3.11. The Hall–Kier alpha value is -2.33. The predicted octanol–water partition coefficient (Wildman–Crippen LogP) is 4.24. The van der Waals surface area contributed by atoms with Crippen LogP contribution in [0.15, 0.2) is 54.7 Å². The lowest BCUT2D eigenvalue weighted by Gasteiger charge is -2.13. The van der Waals surface area contributed by atoms with Crippen LogP contribution in [0.25, 0.3) is 10.9 Å². The fourth-order valence-electron chi connectivity index (χ4n) is 2.91. The molecule has 0 aliphatic carbocycles. The molecule has 1 heterocycles. The van der Waals surface area contributed by atoms with Gasteiger partial charge in [0.25, 0.3) is 0 Å². The van der Waals surface area contributed by atoms with Gasteiger partial charge in [0.15, 0.2) is 0 Å². The number of benzene rings is 2. The van der Waals surface area contributed by atoms with Crippen molar-refractivity contribution in [2.75, 3.05) is 6.54 Å². The summed E-state index contributed by atoms with van der Waals surface area (Å²) >= 11 is 6.06. The average molecular weight is 315 g/mol. The first-order chi connectivity index (χ1) is 10.6. The summed E-state index contributed by atoms with van der Waals surface area (Å²) in [6.07, 6.45) is 1.97. The molecule has 4 nitrogen and oxygen atoms in total. The molecule has 0 saturated carbocycles. The molecule has 0 radical (unpaired) electrons. The summed E-state index contributed by atoms with van der Waals surface area (Å²) in [5.41, 5.74) is 2.88. The molecule has 3 aromatic rings. The Morgan fingerprint density at radius 2 is 2.00 bits per heavy atom. The maximum absolute atomic E-state index is 11.1. The number of nitro groups is 1. The minimum Gasteiger partial charge on any atom is -0.350 e. The predicted molar refractivity (Wildman–Crippen MR) is 88.1 cm³/mol. The second kappa shape index (κ2) is 5.81. The SMILES string of the molecule is Cn1cc(C(C[N+](=O)[O-])c2cccc(Cl)c2)c2ccccc21. The number of fused-ring (bicyclic) bond motifs is 1. The molecule has 5 heteroatoms. The molecule has 1 atom stereocenters. The van der Waals surface area contributed by atoms with Crippen molar-refractivity contribution in [3.63, 3.8) is 0 Å². The van der Waals surface area contributed by atoms with Crippen LogP contribution in [0.4, 0.5) is 0 Å². The van der Waals surface area contributed by atoms with Gasteiger partial charge in [-0.25, -0.2) is 0 Å². The van der Waals surface area contributed by atoms with Gasteiger partial charge in [0.1, 0.15) is 0 Å². The third kappa shape index (κ3) is 2.70. The van der Waals surface area contributed by atoms with Crippen molar-refractivity contribution < 1.29 is 4.92 Å². The van der Waals surface area contributed by atoms with E-state index in [1.807, 2.05) is 54.2 Å². The Labute approximate surface area is 133 Å². The van der Waals surface area contributed by atoms with Gasteiger partial charge < -0.3 is 4.57 Å². The summed E-state index contributed by atoms with van der Waals surface area (Å²) in [5, 5.41) is 12.8. The average Bonchev–Trinajstić information content (AvgIpc) is 2.82. The quantitative estimate of drug-likeness (QED) is 0.534. The van der Waals surface area contributed by atoms with E-state index in [4.69, 9.17) is 11.6 Å². The first kappa shape index (κ1) is 14.6. The summed E-state index contributed by atoms with van der Waals surface area (Å²) in [5.74, 6) is -0.320. The Bertz CT molecular complexity index is 842. The molecule has 2 aromatic carbocycles. The first-order valence-electron chi connectivity index (χ1n) is 6.97. The van der Waals surface area contributed by atoms with Crippen LogP contribution in [0.1, 0.15) is 17.0 Å². The van der Waals surface area contributed by atoms with E-state index in [0.29, 0.717) is 5.02 Å². The topological polar surface area (TPSA) is 48.1 Å². The molecule has 1 aromatic heterocycles. The third-order valence-corrected chi connectivity index (χ3v) is 4.12. The Balaban J connectivity index is 2.18. The second-order valence-corrected chi connectivity index (χ2v) is 5.77. The first-order valence-corrected chi connectivity index (χ1v) is 7.35. The summed E-state index contributed by atoms with van der Waals surface area (Å²) in [4.78, 5) is 10.9. The van der Waals surface area contributed by atoms with Crippen molar-refractivity contribution in [2.24, 2.45) is 7.05 Å². The van der Waals surface area contributed by atoms with Crippen LogP contribution < -0.4 is 0 Å². The van der Waals surface area contributed by atoms with E-state index in [9.17, 15) is 10.1 Å². The molecule has 3 rings (SSSR count). The molecule has 0 amide bonds. The van der Waals surface area contributed by atoms with Gasteiger partial charge >= 0.3 is 0 Å². The van der Waals surface area contributed by atoms with E-state index in [1.165, 1.54) is 0 Å². The van der Waals surface area contributed by atoms with Crippen LogP contribution in [0.3, 0.4) is 0 Å². The fraction of sp³-hybridized carbons (Fsp3) is 0.176. The van der Waals surface area contributed by atoms with Gasteiger partial charge in [0, 0.05) is 34.1 Å². The standard InChI is InChI=1S/C17H15ClN2O2/c1-19-10-16(14-7-2-3-8-17(14)19)15(11-20(21)22)12-5-4-6-13(18)9-12/h2-10,15H,11H2,1H3. The Morgan fingerprint density at radius 3 is 2.73 bits per heavy atom. The van der Waals surface area contributed by atoms with Gasteiger partial charge in [-0.2, -0.15) is 0 Å². The summed E-state index contributed by atoms with van der Waals surface area (Å²) in [6, 6.07) is 15.2. The highest BCUT2D eigenvalue weighted by molar-refractivity contribution is 6.30. The van der Waals surface area contributed by atoms with Crippen molar-refractivity contribution in [1.29, 1.82) is 0 Å². The number of hydrogen-bond acceptors (Lipinski definition) is 2. The molecule has 22 heavy (non-hydrogen) atoms. The van der Waals surface area contributed by atoms with Crippen molar-refractivity contribution in [2.45, 2.75) is 5.92 Å². The Morgan fingerprint density at radius 1 is 1.23 bits per heavy atom. The van der Waals surface area contributed by atoms with Crippen LogP contribution >= 0.6 is 11.6 Å². The lowest BCUT2D eigenvalue weighted by Crippen LogP contribution is -2.13. The van der Waals surface area contributed by atoms with Crippen molar-refractivity contribution in [1.82, 2.24) is 4.57 Å². The minimum atomic E-state index is -0.320. The molecule has 0 spiro atoms. The third-order valence-electron chi connectivity index (χ3n) is 3.89. The van der Waals surface area contributed by atoms with E-state index in [0.717, 1.165) is 22.0 Å². The number of aryl methyl sites for hydroxylation is 1. The van der Waals surface area contributed by atoms with Crippen LogP contribution in [0, 0.1) is 10.1 Å². The minimum absolute atomic E-state index is 0.158. The molecule has 112 valence electrons. The van der Waals surface area contributed by atoms with Crippen molar-refractivity contribution >= 4 is 22.5 Å². The molecule has 0 fully saturated rings. The number of rotatable bonds is 4. The highest BCUT2D eigenvalue weighted by atomic mass is 35.5. The van der Waals surface area contributed by atoms with E-state index in [1.54, 1.807) is 12.1 Å². The number of aromatic nitrogens is 1. The zero-order valence-electron chi connectivity index (χ0n) is 12.1. The maximum atomic E-state index is 11.1. The van der Waals surface area contributed by atoms with Crippen LogP contribution in [-0.2, 0) is 7.05 Å². The number of halogens is 1. The summed E-state index contributed by atoms with van der Waals surface area (Å²) in [6.45, 7) is -0.158. The van der Waals surface area contributed by atoms with E-state index in [-0.39, 0.29) is 17.4 Å². The molecule has 0 N–H and O–H groups in total.